The predicted molar refractivity (Wildman–Crippen MR) is 90.0 cm³/mol. The Morgan fingerprint density at radius 2 is 2.04 bits per heavy atom. The molecule has 0 amide bonds. The van der Waals surface area contributed by atoms with Crippen LogP contribution in [0, 0.1) is 13.8 Å². The Bertz CT molecular complexity index is 694. The SMILES string of the molecule is Cc1nn(C)c(C)c1[C@@H](C)NCc1cccc2c1OCCCO2. The van der Waals surface area contributed by atoms with Crippen LogP contribution in [0.25, 0.3) is 0 Å². The molecule has 23 heavy (non-hydrogen) atoms. The van der Waals surface area contributed by atoms with Gasteiger partial charge in [0, 0.05) is 42.9 Å². The summed E-state index contributed by atoms with van der Waals surface area (Å²) in [4.78, 5) is 0. The molecule has 2 aromatic rings. The summed E-state index contributed by atoms with van der Waals surface area (Å²) in [7, 11) is 1.99. The molecule has 1 N–H and O–H groups in total. The number of nitrogens with one attached hydrogen (secondary N) is 1. The number of hydrogen-bond acceptors (Lipinski definition) is 4. The Kier molecular flexibility index (Phi) is 4.57. The van der Waals surface area contributed by atoms with Gasteiger partial charge in [0.1, 0.15) is 0 Å². The molecule has 0 bridgehead atoms. The first-order valence-electron chi connectivity index (χ1n) is 8.19. The zero-order valence-electron chi connectivity index (χ0n) is 14.3. The summed E-state index contributed by atoms with van der Waals surface area (Å²) in [5.74, 6) is 1.73. The van der Waals surface area contributed by atoms with Gasteiger partial charge in [0.25, 0.3) is 0 Å². The van der Waals surface area contributed by atoms with Crippen LogP contribution in [-0.4, -0.2) is 23.0 Å². The second-order valence-electron chi connectivity index (χ2n) is 6.11. The minimum absolute atomic E-state index is 0.228. The van der Waals surface area contributed by atoms with Gasteiger partial charge in [-0.1, -0.05) is 12.1 Å². The summed E-state index contributed by atoms with van der Waals surface area (Å²) in [6.07, 6.45) is 0.923. The predicted octanol–water partition coefficient (Wildman–Crippen LogP) is 3.05. The van der Waals surface area contributed by atoms with Gasteiger partial charge in [-0.05, 0) is 26.8 Å². The van der Waals surface area contributed by atoms with Crippen LogP contribution in [0.1, 0.15) is 41.9 Å². The zero-order valence-corrected chi connectivity index (χ0v) is 14.3. The van der Waals surface area contributed by atoms with Crippen LogP contribution in [0.5, 0.6) is 11.5 Å². The highest BCUT2D eigenvalue weighted by Crippen LogP contribution is 2.33. The van der Waals surface area contributed by atoms with E-state index in [1.54, 1.807) is 0 Å². The molecule has 5 nitrogen and oxygen atoms in total. The summed E-state index contributed by atoms with van der Waals surface area (Å²) in [6.45, 7) is 8.51. The van der Waals surface area contributed by atoms with Gasteiger partial charge < -0.3 is 14.8 Å². The molecule has 5 heteroatoms. The van der Waals surface area contributed by atoms with Crippen molar-refractivity contribution in [1.82, 2.24) is 15.1 Å². The number of aromatic nitrogens is 2. The molecule has 3 rings (SSSR count). The molecule has 0 saturated heterocycles. The third-order valence-electron chi connectivity index (χ3n) is 4.45. The van der Waals surface area contributed by atoms with Crippen molar-refractivity contribution in [2.75, 3.05) is 13.2 Å². The summed E-state index contributed by atoms with van der Waals surface area (Å²) in [5.41, 5.74) is 4.69. The number of fused-ring (bicyclic) bond motifs is 1. The molecule has 1 aliphatic rings. The van der Waals surface area contributed by atoms with Crippen molar-refractivity contribution < 1.29 is 9.47 Å². The van der Waals surface area contributed by atoms with Crippen molar-refractivity contribution in [1.29, 1.82) is 0 Å². The summed E-state index contributed by atoms with van der Waals surface area (Å²) >= 11 is 0. The van der Waals surface area contributed by atoms with Crippen molar-refractivity contribution in [3.8, 4) is 11.5 Å². The van der Waals surface area contributed by atoms with E-state index in [2.05, 4.69) is 37.3 Å². The van der Waals surface area contributed by atoms with E-state index in [9.17, 15) is 0 Å². The molecule has 2 heterocycles. The summed E-state index contributed by atoms with van der Waals surface area (Å²) in [6, 6.07) is 6.32. The van der Waals surface area contributed by atoms with Gasteiger partial charge in [-0.15, -0.1) is 0 Å². The highest BCUT2D eigenvalue weighted by molar-refractivity contribution is 5.47. The first-order valence-corrected chi connectivity index (χ1v) is 8.19. The molecule has 1 aromatic heterocycles. The van der Waals surface area contributed by atoms with Crippen LogP contribution >= 0.6 is 0 Å². The van der Waals surface area contributed by atoms with Gasteiger partial charge in [0.2, 0.25) is 0 Å². The van der Waals surface area contributed by atoms with Gasteiger partial charge in [0.15, 0.2) is 11.5 Å². The van der Waals surface area contributed by atoms with Crippen molar-refractivity contribution in [2.24, 2.45) is 7.05 Å². The number of benzene rings is 1. The average Bonchev–Trinajstić information content (AvgIpc) is 2.72. The van der Waals surface area contributed by atoms with Crippen LogP contribution in [0.2, 0.25) is 0 Å². The lowest BCUT2D eigenvalue weighted by molar-refractivity contribution is 0.295. The van der Waals surface area contributed by atoms with Gasteiger partial charge in [-0.25, -0.2) is 0 Å². The van der Waals surface area contributed by atoms with Gasteiger partial charge in [0.05, 0.1) is 18.9 Å². The molecule has 0 unspecified atom stereocenters. The molecule has 0 radical (unpaired) electrons. The smallest absolute Gasteiger partial charge is 0.165 e. The molecule has 1 atom stereocenters. The molecule has 0 aliphatic carbocycles. The van der Waals surface area contributed by atoms with Crippen LogP contribution in [-0.2, 0) is 13.6 Å². The number of nitrogens with zero attached hydrogens (tertiary/aromatic N) is 2. The molecule has 124 valence electrons. The monoisotopic (exact) mass is 315 g/mol. The van der Waals surface area contributed by atoms with Crippen LogP contribution in [0.15, 0.2) is 18.2 Å². The second kappa shape index (κ2) is 6.62. The minimum atomic E-state index is 0.228. The maximum Gasteiger partial charge on any atom is 0.165 e. The Hall–Kier alpha value is -2.01. The van der Waals surface area contributed by atoms with Gasteiger partial charge in [-0.2, -0.15) is 5.10 Å². The number of ether oxygens (including phenoxy) is 2. The summed E-state index contributed by atoms with van der Waals surface area (Å²) in [5, 5.41) is 8.09. The fraction of sp³-hybridized carbons (Fsp3) is 0.500. The van der Waals surface area contributed by atoms with Crippen LogP contribution in [0.4, 0.5) is 0 Å². The van der Waals surface area contributed by atoms with Crippen molar-refractivity contribution in [2.45, 2.75) is 39.8 Å². The van der Waals surface area contributed by atoms with E-state index in [0.717, 1.165) is 35.7 Å². The molecular formula is C18H25N3O2. The first-order chi connectivity index (χ1) is 11.1. The maximum atomic E-state index is 5.89. The number of para-hydroxylation sites is 1. The normalized spacial score (nSPS) is 15.3. The van der Waals surface area contributed by atoms with E-state index in [-0.39, 0.29) is 6.04 Å². The number of aryl methyl sites for hydroxylation is 2. The molecule has 0 spiro atoms. The molecule has 1 aliphatic heterocycles. The van der Waals surface area contributed by atoms with E-state index < -0.39 is 0 Å². The van der Waals surface area contributed by atoms with Crippen LogP contribution < -0.4 is 14.8 Å². The van der Waals surface area contributed by atoms with Crippen molar-refractivity contribution >= 4 is 0 Å². The third kappa shape index (κ3) is 3.20. The highest BCUT2D eigenvalue weighted by Gasteiger charge is 2.18. The fourth-order valence-corrected chi connectivity index (χ4v) is 3.18. The highest BCUT2D eigenvalue weighted by atomic mass is 16.5. The lowest BCUT2D eigenvalue weighted by Crippen LogP contribution is -2.20. The first kappa shape index (κ1) is 15.9. The Labute approximate surface area is 137 Å². The Morgan fingerprint density at radius 1 is 1.26 bits per heavy atom. The van der Waals surface area contributed by atoms with E-state index >= 15 is 0 Å². The second-order valence-corrected chi connectivity index (χ2v) is 6.11. The zero-order chi connectivity index (χ0) is 16.4. The van der Waals surface area contributed by atoms with Gasteiger partial charge >= 0.3 is 0 Å². The minimum Gasteiger partial charge on any atom is -0.490 e. The van der Waals surface area contributed by atoms with Crippen molar-refractivity contribution in [3.63, 3.8) is 0 Å². The van der Waals surface area contributed by atoms with E-state index in [4.69, 9.17) is 9.47 Å². The molecule has 1 aromatic carbocycles. The third-order valence-corrected chi connectivity index (χ3v) is 4.45. The lowest BCUT2D eigenvalue weighted by Gasteiger charge is -2.17. The number of hydrogen-bond donors (Lipinski definition) is 1. The standard InChI is InChI=1S/C18H25N3O2/c1-12(17-13(2)20-21(4)14(17)3)19-11-15-7-5-8-16-18(15)23-10-6-9-22-16/h5,7-8,12,19H,6,9-11H2,1-4H3/t12-/m1/s1. The largest absolute Gasteiger partial charge is 0.490 e. The molecular weight excluding hydrogens is 290 g/mol. The van der Waals surface area contributed by atoms with E-state index in [1.165, 1.54) is 11.3 Å². The fourth-order valence-electron chi connectivity index (χ4n) is 3.18. The van der Waals surface area contributed by atoms with Crippen molar-refractivity contribution in [3.05, 3.63) is 40.7 Å². The Balaban J connectivity index is 1.76. The quantitative estimate of drug-likeness (QED) is 0.942. The topological polar surface area (TPSA) is 48.3 Å². The van der Waals surface area contributed by atoms with E-state index in [1.807, 2.05) is 23.9 Å². The average molecular weight is 315 g/mol. The number of rotatable bonds is 4. The molecule has 0 fully saturated rings. The van der Waals surface area contributed by atoms with Crippen LogP contribution in [0.3, 0.4) is 0 Å². The van der Waals surface area contributed by atoms with Gasteiger partial charge in [-0.3, -0.25) is 4.68 Å². The molecule has 0 saturated carbocycles. The summed E-state index contributed by atoms with van der Waals surface area (Å²) < 4.78 is 13.6. The lowest BCUT2D eigenvalue weighted by atomic mass is 10.1. The maximum absolute atomic E-state index is 5.89. The van der Waals surface area contributed by atoms with E-state index in [0.29, 0.717) is 13.2 Å². The Morgan fingerprint density at radius 3 is 2.78 bits per heavy atom.